The molecule has 2 heterocycles. The Bertz CT molecular complexity index is 1470. The highest BCUT2D eigenvalue weighted by molar-refractivity contribution is 9.10. The molecule has 4 aromatic rings. The molecule has 0 aromatic heterocycles. The van der Waals surface area contributed by atoms with Gasteiger partial charge in [0.2, 0.25) is 11.8 Å². The molecular formula is C34H33Br3N2O2. The van der Waals surface area contributed by atoms with Gasteiger partial charge in [-0.25, -0.2) is 0 Å². The number of alkyl halides is 1. The summed E-state index contributed by atoms with van der Waals surface area (Å²) >= 11 is 10.2. The summed E-state index contributed by atoms with van der Waals surface area (Å²) in [5.41, 5.74) is 7.01. The van der Waals surface area contributed by atoms with Crippen molar-refractivity contribution < 1.29 is 9.59 Å². The highest BCUT2D eigenvalue weighted by atomic mass is 79.9. The maximum atomic E-state index is 12.4. The number of rotatable bonds is 3. The third kappa shape index (κ3) is 9.66. The highest BCUT2D eigenvalue weighted by Gasteiger charge is 2.22. The molecule has 0 saturated carbocycles. The molecule has 0 aliphatic carbocycles. The Morgan fingerprint density at radius 2 is 1.27 bits per heavy atom. The number of hydrogen-bond acceptors (Lipinski definition) is 2. The van der Waals surface area contributed by atoms with Crippen molar-refractivity contribution in [1.29, 1.82) is 0 Å². The first-order chi connectivity index (χ1) is 19.9. The summed E-state index contributed by atoms with van der Waals surface area (Å²) in [5, 5.41) is 3.81. The van der Waals surface area contributed by atoms with Crippen LogP contribution in [0.3, 0.4) is 0 Å². The molecule has 1 N–H and O–H groups in total. The zero-order chi connectivity index (χ0) is 29.0. The van der Waals surface area contributed by atoms with Gasteiger partial charge >= 0.3 is 0 Å². The molecule has 2 aliphatic heterocycles. The predicted octanol–water partition coefficient (Wildman–Crippen LogP) is 9.62. The first-order valence-electron chi connectivity index (χ1n) is 13.7. The van der Waals surface area contributed by atoms with Gasteiger partial charge in [-0.2, -0.15) is 0 Å². The first kappa shape index (κ1) is 31.2. The number of anilines is 2. The Balaban J connectivity index is 0.000000156. The van der Waals surface area contributed by atoms with Crippen molar-refractivity contribution in [2.45, 2.75) is 50.4 Å². The summed E-state index contributed by atoms with van der Waals surface area (Å²) in [4.78, 5) is 25.4. The van der Waals surface area contributed by atoms with Gasteiger partial charge in [0.25, 0.3) is 0 Å². The number of hydrogen-bond donors (Lipinski definition) is 1. The summed E-state index contributed by atoms with van der Waals surface area (Å²) in [7, 11) is 0. The van der Waals surface area contributed by atoms with E-state index in [-0.39, 0.29) is 11.8 Å². The number of carbonyl (C=O) groups is 2. The molecule has 7 heteroatoms. The number of benzene rings is 4. The van der Waals surface area contributed by atoms with Crippen LogP contribution in [0.5, 0.6) is 0 Å². The molecule has 0 saturated heterocycles. The number of carbonyl (C=O) groups excluding carboxylic acids is 2. The minimum Gasteiger partial charge on any atom is -0.326 e. The second kappa shape index (κ2) is 16.0. The Morgan fingerprint density at radius 3 is 1.98 bits per heavy atom. The summed E-state index contributed by atoms with van der Waals surface area (Å²) in [6.07, 6.45) is 5.16. The standard InChI is InChI=1S/C17H16BrNO.C10H11NO.C7H6Br2/c18-15-8-3-5-13(11-15)12-19-16-9-2-1-6-14(16)7-4-10-17(19)20;12-10-7-3-5-8-4-1-2-6-9(8)11-10;8-5-6-2-1-3-7(9)4-6/h1-3,5-6,8-9,11H,4,7,10,12H2;1-2,4,6H,3,5,7H2,(H,11,12);1-4H,5H2. The SMILES string of the molecule is BrCc1cccc(Br)c1.O=C1CCCc2ccccc2N1.O=C1CCCc2ccccc2N1Cc1cccc(Br)c1. The van der Waals surface area contributed by atoms with Crippen molar-refractivity contribution in [3.8, 4) is 0 Å². The Morgan fingerprint density at radius 1 is 0.659 bits per heavy atom. The van der Waals surface area contributed by atoms with Crippen LogP contribution in [0.1, 0.15) is 47.9 Å². The van der Waals surface area contributed by atoms with Crippen LogP contribution in [0.25, 0.3) is 0 Å². The zero-order valence-electron chi connectivity index (χ0n) is 22.8. The molecule has 4 aromatic carbocycles. The van der Waals surface area contributed by atoms with Crippen LogP contribution < -0.4 is 10.2 Å². The van der Waals surface area contributed by atoms with E-state index >= 15 is 0 Å². The first-order valence-corrected chi connectivity index (χ1v) is 16.4. The van der Waals surface area contributed by atoms with Crippen molar-refractivity contribution in [1.82, 2.24) is 0 Å². The smallest absolute Gasteiger partial charge is 0.227 e. The van der Waals surface area contributed by atoms with Crippen LogP contribution in [-0.2, 0) is 34.3 Å². The molecule has 0 fully saturated rings. The lowest BCUT2D eigenvalue weighted by molar-refractivity contribution is -0.119. The maximum absolute atomic E-state index is 12.4. The number of para-hydroxylation sites is 2. The molecule has 6 rings (SSSR count). The van der Waals surface area contributed by atoms with Gasteiger partial charge in [-0.1, -0.05) is 108 Å². The van der Waals surface area contributed by atoms with E-state index in [1.807, 2.05) is 59.5 Å². The topological polar surface area (TPSA) is 49.4 Å². The molecule has 0 radical (unpaired) electrons. The monoisotopic (exact) mass is 738 g/mol. The van der Waals surface area contributed by atoms with Crippen LogP contribution in [0.4, 0.5) is 11.4 Å². The van der Waals surface area contributed by atoms with E-state index in [2.05, 4.69) is 95.6 Å². The summed E-state index contributed by atoms with van der Waals surface area (Å²) in [6, 6.07) is 32.6. The normalized spacial score (nSPS) is 14.1. The molecule has 2 aliphatic rings. The number of nitrogens with zero attached hydrogens (tertiary/aromatic N) is 1. The van der Waals surface area contributed by atoms with Gasteiger partial charge in [-0.15, -0.1) is 0 Å². The molecule has 41 heavy (non-hydrogen) atoms. The largest absolute Gasteiger partial charge is 0.326 e. The van der Waals surface area contributed by atoms with E-state index in [9.17, 15) is 9.59 Å². The van der Waals surface area contributed by atoms with Crippen LogP contribution in [-0.4, -0.2) is 11.8 Å². The van der Waals surface area contributed by atoms with Gasteiger partial charge in [0.05, 0.1) is 6.54 Å². The van der Waals surface area contributed by atoms with E-state index in [0.717, 1.165) is 56.9 Å². The lowest BCUT2D eigenvalue weighted by Gasteiger charge is -2.23. The average molecular weight is 741 g/mol. The van der Waals surface area contributed by atoms with E-state index in [0.29, 0.717) is 19.4 Å². The van der Waals surface area contributed by atoms with E-state index in [1.54, 1.807) is 0 Å². The number of nitrogens with one attached hydrogen (secondary N) is 1. The van der Waals surface area contributed by atoms with Crippen LogP contribution >= 0.6 is 47.8 Å². The third-order valence-corrected chi connectivity index (χ3v) is 8.47. The molecule has 0 atom stereocenters. The maximum Gasteiger partial charge on any atom is 0.227 e. The number of halogens is 3. The second-order valence-corrected chi connectivity index (χ2v) is 12.3. The summed E-state index contributed by atoms with van der Waals surface area (Å²) in [6.45, 7) is 0.634. The average Bonchev–Trinajstić information content (AvgIpc) is 3.26. The number of aryl methyl sites for hydroxylation is 2. The Hall–Kier alpha value is -2.74. The lowest BCUT2D eigenvalue weighted by atomic mass is 10.1. The number of amides is 2. The van der Waals surface area contributed by atoms with Crippen molar-refractivity contribution in [2.24, 2.45) is 0 Å². The van der Waals surface area contributed by atoms with E-state index in [4.69, 9.17) is 0 Å². The third-order valence-electron chi connectivity index (χ3n) is 6.83. The second-order valence-electron chi connectivity index (χ2n) is 9.91. The summed E-state index contributed by atoms with van der Waals surface area (Å²) in [5.74, 6) is 0.356. The van der Waals surface area contributed by atoms with Gasteiger partial charge in [-0.05, 0) is 84.3 Å². The van der Waals surface area contributed by atoms with Gasteiger partial charge in [0.15, 0.2) is 0 Å². The van der Waals surface area contributed by atoms with Gasteiger partial charge < -0.3 is 10.2 Å². The van der Waals surface area contributed by atoms with Crippen molar-refractivity contribution in [2.75, 3.05) is 10.2 Å². The zero-order valence-corrected chi connectivity index (χ0v) is 27.6. The lowest BCUT2D eigenvalue weighted by Crippen LogP contribution is -2.29. The van der Waals surface area contributed by atoms with Crippen molar-refractivity contribution in [3.63, 3.8) is 0 Å². The fourth-order valence-corrected chi connectivity index (χ4v) is 6.05. The summed E-state index contributed by atoms with van der Waals surface area (Å²) < 4.78 is 2.19. The van der Waals surface area contributed by atoms with Crippen molar-refractivity contribution in [3.05, 3.63) is 128 Å². The van der Waals surface area contributed by atoms with E-state index < -0.39 is 0 Å². The molecule has 0 bridgehead atoms. The minimum absolute atomic E-state index is 0.139. The molecule has 4 nitrogen and oxygen atoms in total. The molecular weight excluding hydrogens is 708 g/mol. The predicted molar refractivity (Wildman–Crippen MR) is 179 cm³/mol. The van der Waals surface area contributed by atoms with E-state index in [1.165, 1.54) is 16.7 Å². The fourth-order valence-electron chi connectivity index (χ4n) is 4.81. The molecule has 212 valence electrons. The Labute approximate surface area is 267 Å². The van der Waals surface area contributed by atoms with Gasteiger partial charge in [0.1, 0.15) is 0 Å². The van der Waals surface area contributed by atoms with Gasteiger partial charge in [0, 0.05) is 38.5 Å². The molecule has 0 unspecified atom stereocenters. The highest BCUT2D eigenvalue weighted by Crippen LogP contribution is 2.28. The molecule has 2 amide bonds. The van der Waals surface area contributed by atoms with Crippen LogP contribution in [0, 0.1) is 0 Å². The molecule has 0 spiro atoms. The van der Waals surface area contributed by atoms with Crippen LogP contribution in [0.15, 0.2) is 106 Å². The quantitative estimate of drug-likeness (QED) is 0.213. The number of fused-ring (bicyclic) bond motifs is 2. The fraction of sp³-hybridized carbons (Fsp3) is 0.235. The van der Waals surface area contributed by atoms with Crippen molar-refractivity contribution >= 4 is 71.0 Å². The Kier molecular flexibility index (Phi) is 12.2. The minimum atomic E-state index is 0.139. The van der Waals surface area contributed by atoms with Gasteiger partial charge in [-0.3, -0.25) is 9.59 Å². The van der Waals surface area contributed by atoms with Crippen LogP contribution in [0.2, 0.25) is 0 Å².